The Labute approximate surface area is 223 Å². The molecule has 0 bridgehead atoms. The summed E-state index contributed by atoms with van der Waals surface area (Å²) >= 11 is 0. The molecule has 1 rings (SSSR count). The van der Waals surface area contributed by atoms with Crippen LogP contribution in [0.3, 0.4) is 0 Å². The highest BCUT2D eigenvalue weighted by Gasteiger charge is 2.28. The molecule has 1 aliphatic carbocycles. The molecule has 0 radical (unpaired) electrons. The Morgan fingerprint density at radius 2 is 1.42 bits per heavy atom. The predicted molar refractivity (Wildman–Crippen MR) is 158 cm³/mol. The summed E-state index contributed by atoms with van der Waals surface area (Å²) < 4.78 is 5.12. The first kappa shape index (κ1) is 31.9. The average molecular weight is 495 g/mol. The molecule has 0 unspecified atom stereocenters. The summed E-state index contributed by atoms with van der Waals surface area (Å²) in [7, 11) is 1.52. The van der Waals surface area contributed by atoms with Crippen LogP contribution < -0.4 is 0 Å². The van der Waals surface area contributed by atoms with Crippen LogP contribution >= 0.6 is 0 Å². The Balaban J connectivity index is 2.57. The summed E-state index contributed by atoms with van der Waals surface area (Å²) in [4.78, 5) is 12.4. The molecule has 36 heavy (non-hydrogen) atoms. The van der Waals surface area contributed by atoms with Crippen molar-refractivity contribution in [1.29, 1.82) is 0 Å². The van der Waals surface area contributed by atoms with Gasteiger partial charge in [-0.05, 0) is 125 Å². The molecular formula is C34H54O2. The zero-order chi connectivity index (χ0) is 26.9. The fraction of sp³-hybridized carbons (Fsp3) is 0.618. The van der Waals surface area contributed by atoms with Crippen molar-refractivity contribution in [2.24, 2.45) is 11.8 Å². The maximum absolute atomic E-state index is 12.4. The highest BCUT2D eigenvalue weighted by molar-refractivity contribution is 5.73. The highest BCUT2D eigenvalue weighted by Crippen LogP contribution is 2.34. The number of methoxy groups -OCH3 is 1. The second-order valence-corrected chi connectivity index (χ2v) is 11.4. The molecule has 0 aromatic carbocycles. The van der Waals surface area contributed by atoms with E-state index in [2.05, 4.69) is 78.5 Å². The van der Waals surface area contributed by atoms with Crippen molar-refractivity contribution in [1.82, 2.24) is 0 Å². The minimum atomic E-state index is -0.0494. The van der Waals surface area contributed by atoms with Crippen molar-refractivity contribution >= 4 is 5.97 Å². The number of hydrogen-bond donors (Lipinski definition) is 0. The van der Waals surface area contributed by atoms with Gasteiger partial charge in [0.05, 0.1) is 13.0 Å². The Morgan fingerprint density at radius 1 is 0.861 bits per heavy atom. The molecule has 2 atom stereocenters. The van der Waals surface area contributed by atoms with E-state index < -0.39 is 0 Å². The molecule has 202 valence electrons. The summed E-state index contributed by atoms with van der Waals surface area (Å²) in [6.45, 7) is 17.5. The predicted octanol–water partition coefficient (Wildman–Crippen LogP) is 10.4. The summed E-state index contributed by atoms with van der Waals surface area (Å²) in [6.07, 6.45) is 24.5. The number of hydrogen-bond acceptors (Lipinski definition) is 2. The number of carbonyl (C=O) groups excluding carboxylic acids is 1. The lowest BCUT2D eigenvalue weighted by atomic mass is 9.78. The number of rotatable bonds is 16. The lowest BCUT2D eigenvalue weighted by Crippen LogP contribution is -2.23. The van der Waals surface area contributed by atoms with Crippen molar-refractivity contribution in [2.75, 3.05) is 7.11 Å². The molecule has 0 saturated carbocycles. The number of carbonyl (C=O) groups is 1. The molecule has 0 fully saturated rings. The third kappa shape index (κ3) is 15.1. The second-order valence-electron chi connectivity index (χ2n) is 11.4. The maximum atomic E-state index is 12.4. The first-order valence-corrected chi connectivity index (χ1v) is 14.1. The third-order valence-electron chi connectivity index (χ3n) is 7.10. The van der Waals surface area contributed by atoms with Gasteiger partial charge < -0.3 is 4.74 Å². The van der Waals surface area contributed by atoms with Crippen LogP contribution in [0.5, 0.6) is 0 Å². The number of allylic oxidation sites excluding steroid dienone is 11. The van der Waals surface area contributed by atoms with E-state index in [1.807, 2.05) is 0 Å². The van der Waals surface area contributed by atoms with Crippen molar-refractivity contribution in [2.45, 2.75) is 119 Å². The Morgan fingerprint density at radius 3 is 1.97 bits per heavy atom. The van der Waals surface area contributed by atoms with E-state index in [4.69, 9.17) is 4.74 Å². The minimum absolute atomic E-state index is 0.00222. The zero-order valence-corrected chi connectivity index (χ0v) is 24.6. The molecule has 0 N–H and O–H groups in total. The van der Waals surface area contributed by atoms with E-state index in [-0.39, 0.29) is 11.9 Å². The molecule has 1 aliphatic rings. The lowest BCUT2D eigenvalue weighted by Gasteiger charge is -2.27. The van der Waals surface area contributed by atoms with Crippen LogP contribution in [0.1, 0.15) is 119 Å². The van der Waals surface area contributed by atoms with Crippen LogP contribution in [0.2, 0.25) is 0 Å². The molecule has 0 aromatic rings. The lowest BCUT2D eigenvalue weighted by molar-refractivity contribution is -0.146. The highest BCUT2D eigenvalue weighted by atomic mass is 16.5. The maximum Gasteiger partial charge on any atom is 0.308 e. The molecule has 0 aliphatic heterocycles. The van der Waals surface area contributed by atoms with Gasteiger partial charge in [0, 0.05) is 0 Å². The normalized spacial score (nSPS) is 18.4. The Hall–Kier alpha value is -2.09. The first-order chi connectivity index (χ1) is 17.1. The van der Waals surface area contributed by atoms with Gasteiger partial charge in [0.25, 0.3) is 0 Å². The molecule has 0 aromatic heterocycles. The van der Waals surface area contributed by atoms with Gasteiger partial charge in [-0.3, -0.25) is 4.79 Å². The zero-order valence-electron chi connectivity index (χ0n) is 24.6. The fourth-order valence-electron chi connectivity index (χ4n) is 4.89. The van der Waals surface area contributed by atoms with Gasteiger partial charge in [0.15, 0.2) is 0 Å². The fourth-order valence-corrected chi connectivity index (χ4v) is 4.89. The van der Waals surface area contributed by atoms with E-state index >= 15 is 0 Å². The van der Waals surface area contributed by atoms with Crippen molar-refractivity contribution in [3.63, 3.8) is 0 Å². The van der Waals surface area contributed by atoms with Crippen LogP contribution in [0.4, 0.5) is 0 Å². The molecule has 0 saturated heterocycles. The monoisotopic (exact) mass is 494 g/mol. The second kappa shape index (κ2) is 18.2. The van der Waals surface area contributed by atoms with Crippen molar-refractivity contribution in [3.8, 4) is 0 Å². The summed E-state index contributed by atoms with van der Waals surface area (Å²) in [5, 5.41) is 0. The van der Waals surface area contributed by atoms with Crippen molar-refractivity contribution < 1.29 is 9.53 Å². The SMILES string of the molecule is C=C(CC/C=C(\C)CCC=C(C)C)CC[C@@H]1C=C(CC/C=C(\C)CCC=C(C)C)C[C@H](C(=O)OC)C1. The van der Waals surface area contributed by atoms with Crippen LogP contribution in [0.15, 0.2) is 70.4 Å². The van der Waals surface area contributed by atoms with E-state index in [0.29, 0.717) is 5.92 Å². The van der Waals surface area contributed by atoms with Gasteiger partial charge in [-0.1, -0.05) is 70.4 Å². The largest absolute Gasteiger partial charge is 0.469 e. The van der Waals surface area contributed by atoms with Crippen LogP contribution in [0, 0.1) is 11.8 Å². The van der Waals surface area contributed by atoms with E-state index in [1.54, 1.807) is 0 Å². The molecule has 0 amide bonds. The summed E-state index contributed by atoms with van der Waals surface area (Å²) in [5.41, 5.74) is 8.47. The van der Waals surface area contributed by atoms with Crippen LogP contribution in [-0.4, -0.2) is 13.1 Å². The summed E-state index contributed by atoms with van der Waals surface area (Å²) in [5.74, 6) is 0.396. The molecule has 2 nitrogen and oxygen atoms in total. The van der Waals surface area contributed by atoms with Gasteiger partial charge in [-0.25, -0.2) is 0 Å². The van der Waals surface area contributed by atoms with Gasteiger partial charge in [-0.15, -0.1) is 0 Å². The van der Waals surface area contributed by atoms with E-state index in [0.717, 1.165) is 77.0 Å². The molecular weight excluding hydrogens is 440 g/mol. The van der Waals surface area contributed by atoms with Gasteiger partial charge in [-0.2, -0.15) is 0 Å². The first-order valence-electron chi connectivity index (χ1n) is 14.1. The smallest absolute Gasteiger partial charge is 0.308 e. The van der Waals surface area contributed by atoms with Crippen LogP contribution in [-0.2, 0) is 9.53 Å². The van der Waals surface area contributed by atoms with Gasteiger partial charge in [0.2, 0.25) is 0 Å². The van der Waals surface area contributed by atoms with Gasteiger partial charge >= 0.3 is 5.97 Å². The van der Waals surface area contributed by atoms with Crippen LogP contribution in [0.25, 0.3) is 0 Å². The molecule has 2 heteroatoms. The molecule has 0 spiro atoms. The standard InChI is InChI=1S/C34H54O2/c1-26(2)13-9-15-28(5)17-11-18-30(7)21-22-32-23-31(24-33(25-32)34(35)36-8)20-12-19-29(6)16-10-14-27(3)4/h13-14,17,19,23,32-33H,7,9-12,15-16,18,20-22,24-25H2,1-6,8H3/b28-17+,29-19+/t32-,33+/m1/s1. The van der Waals surface area contributed by atoms with E-state index in [1.165, 1.54) is 40.5 Å². The van der Waals surface area contributed by atoms with Gasteiger partial charge in [0.1, 0.15) is 0 Å². The Kier molecular flexibility index (Phi) is 16.1. The number of ether oxygens (including phenoxy) is 1. The third-order valence-corrected chi connectivity index (χ3v) is 7.10. The summed E-state index contributed by atoms with van der Waals surface area (Å²) in [6, 6.07) is 0. The minimum Gasteiger partial charge on any atom is -0.469 e. The molecule has 0 heterocycles. The van der Waals surface area contributed by atoms with E-state index in [9.17, 15) is 4.79 Å². The quantitative estimate of drug-likeness (QED) is 0.157. The average Bonchev–Trinajstić information content (AvgIpc) is 2.81. The van der Waals surface area contributed by atoms with Crippen molar-refractivity contribution in [3.05, 3.63) is 70.4 Å². The number of esters is 1. The Bertz CT molecular complexity index is 838. The topological polar surface area (TPSA) is 26.3 Å².